The lowest BCUT2D eigenvalue weighted by Crippen LogP contribution is -2.38. The first-order chi connectivity index (χ1) is 11.5. The predicted molar refractivity (Wildman–Crippen MR) is 114 cm³/mol. The Morgan fingerprint density at radius 2 is 2.00 bits per heavy atom. The number of pyridine rings is 1. The van der Waals surface area contributed by atoms with Crippen LogP contribution in [0.15, 0.2) is 23.3 Å². The van der Waals surface area contributed by atoms with Crippen LogP contribution in [0.1, 0.15) is 25.8 Å². The van der Waals surface area contributed by atoms with E-state index < -0.39 is 10.0 Å². The standard InChI is InChI=1S/C15H26ClN5O2S.HI/c1-3-17-15(18-9-5-10-21-24(22,23)4-2)19-11-8-13-6-7-14(16)20-12-13;/h6-7,12,21H,3-5,8-11H2,1-2H3,(H2,17,18,19);1H. The number of guanidine groups is 1. The average Bonchev–Trinajstić information content (AvgIpc) is 2.56. The van der Waals surface area contributed by atoms with E-state index in [4.69, 9.17) is 11.6 Å². The number of sulfonamides is 1. The van der Waals surface area contributed by atoms with E-state index >= 15 is 0 Å². The first-order valence-corrected chi connectivity index (χ1v) is 10.1. The van der Waals surface area contributed by atoms with Crippen LogP contribution in [-0.4, -0.2) is 51.3 Å². The lowest BCUT2D eigenvalue weighted by molar-refractivity contribution is 0.581. The third kappa shape index (κ3) is 11.6. The summed E-state index contributed by atoms with van der Waals surface area (Å²) < 4.78 is 25.1. The van der Waals surface area contributed by atoms with E-state index in [2.05, 4.69) is 25.3 Å². The maximum atomic E-state index is 11.3. The van der Waals surface area contributed by atoms with E-state index in [9.17, 15) is 8.42 Å². The van der Waals surface area contributed by atoms with E-state index in [0.29, 0.717) is 24.7 Å². The van der Waals surface area contributed by atoms with Gasteiger partial charge < -0.3 is 10.6 Å². The SMILES string of the molecule is CCNC(=NCCCNS(=O)(=O)CC)NCCc1ccc(Cl)nc1.I. The molecule has 0 fully saturated rings. The summed E-state index contributed by atoms with van der Waals surface area (Å²) in [5.74, 6) is 0.817. The summed E-state index contributed by atoms with van der Waals surface area (Å²) in [6, 6.07) is 3.72. The van der Waals surface area contributed by atoms with Crippen LogP contribution in [0.5, 0.6) is 0 Å². The Labute approximate surface area is 172 Å². The van der Waals surface area contributed by atoms with E-state index in [1.165, 1.54) is 0 Å². The molecule has 0 aliphatic carbocycles. The number of hydrogen-bond donors (Lipinski definition) is 3. The molecule has 0 amide bonds. The van der Waals surface area contributed by atoms with Crippen molar-refractivity contribution in [3.8, 4) is 0 Å². The summed E-state index contributed by atoms with van der Waals surface area (Å²) in [7, 11) is -3.12. The molecule has 0 saturated heterocycles. The number of aliphatic imine (C=N–C) groups is 1. The Morgan fingerprint density at radius 3 is 2.60 bits per heavy atom. The van der Waals surface area contributed by atoms with Crippen LogP contribution in [0.4, 0.5) is 0 Å². The summed E-state index contributed by atoms with van der Waals surface area (Å²) in [5, 5.41) is 6.89. The largest absolute Gasteiger partial charge is 0.357 e. The first kappa shape index (κ1) is 24.4. The molecule has 1 heterocycles. The number of halogens is 2. The highest BCUT2D eigenvalue weighted by Gasteiger charge is 2.04. The van der Waals surface area contributed by atoms with Gasteiger partial charge >= 0.3 is 0 Å². The zero-order chi connectivity index (χ0) is 17.8. The molecule has 0 aromatic carbocycles. The van der Waals surface area contributed by atoms with Gasteiger partial charge in [0.05, 0.1) is 5.75 Å². The zero-order valence-corrected chi connectivity index (χ0v) is 18.5. The van der Waals surface area contributed by atoms with E-state index in [1.54, 1.807) is 19.2 Å². The van der Waals surface area contributed by atoms with Crippen LogP contribution in [0.2, 0.25) is 5.15 Å². The molecule has 1 aromatic heterocycles. The third-order valence-electron chi connectivity index (χ3n) is 3.15. The van der Waals surface area contributed by atoms with E-state index in [-0.39, 0.29) is 29.7 Å². The molecule has 0 aliphatic heterocycles. The molecule has 7 nitrogen and oxygen atoms in total. The van der Waals surface area contributed by atoms with Crippen molar-refractivity contribution in [1.82, 2.24) is 20.3 Å². The van der Waals surface area contributed by atoms with Crippen LogP contribution in [-0.2, 0) is 16.4 Å². The predicted octanol–water partition coefficient (Wildman–Crippen LogP) is 1.78. The van der Waals surface area contributed by atoms with Crippen molar-refractivity contribution in [2.45, 2.75) is 26.7 Å². The minimum atomic E-state index is -3.12. The second-order valence-electron chi connectivity index (χ2n) is 5.08. The molecule has 1 aromatic rings. The van der Waals surface area contributed by atoms with Gasteiger partial charge in [0, 0.05) is 32.4 Å². The van der Waals surface area contributed by atoms with Gasteiger partial charge in [0.15, 0.2) is 5.96 Å². The first-order valence-electron chi connectivity index (χ1n) is 8.06. The molecule has 144 valence electrons. The third-order valence-corrected chi connectivity index (χ3v) is 4.77. The smallest absolute Gasteiger partial charge is 0.211 e. The molecule has 0 unspecified atom stereocenters. The molecular formula is C15H27ClIN5O2S. The number of aromatic nitrogens is 1. The molecule has 0 atom stereocenters. The summed E-state index contributed by atoms with van der Waals surface area (Å²) >= 11 is 5.76. The Bertz CT molecular complexity index is 611. The summed E-state index contributed by atoms with van der Waals surface area (Å²) in [5.41, 5.74) is 1.09. The highest BCUT2D eigenvalue weighted by atomic mass is 127. The number of hydrogen-bond acceptors (Lipinski definition) is 4. The van der Waals surface area contributed by atoms with Gasteiger partial charge in [-0.2, -0.15) is 0 Å². The van der Waals surface area contributed by atoms with Gasteiger partial charge in [-0.05, 0) is 38.3 Å². The Morgan fingerprint density at radius 1 is 1.24 bits per heavy atom. The van der Waals surface area contributed by atoms with Gasteiger partial charge in [0.25, 0.3) is 0 Å². The van der Waals surface area contributed by atoms with Gasteiger partial charge in [-0.3, -0.25) is 4.99 Å². The average molecular weight is 504 g/mol. The van der Waals surface area contributed by atoms with Crippen molar-refractivity contribution < 1.29 is 8.42 Å². The van der Waals surface area contributed by atoms with E-state index in [1.807, 2.05) is 13.0 Å². The van der Waals surface area contributed by atoms with Crippen LogP contribution < -0.4 is 15.4 Å². The summed E-state index contributed by atoms with van der Waals surface area (Å²) in [6.07, 6.45) is 3.22. The molecule has 0 bridgehead atoms. The molecule has 0 saturated carbocycles. The van der Waals surface area contributed by atoms with Crippen molar-refractivity contribution in [2.75, 3.05) is 31.9 Å². The van der Waals surface area contributed by atoms with Crippen LogP contribution in [0.25, 0.3) is 0 Å². The second-order valence-corrected chi connectivity index (χ2v) is 7.56. The van der Waals surface area contributed by atoms with Crippen molar-refractivity contribution >= 4 is 51.6 Å². The van der Waals surface area contributed by atoms with Crippen molar-refractivity contribution in [3.05, 3.63) is 29.0 Å². The summed E-state index contributed by atoms with van der Waals surface area (Å²) in [4.78, 5) is 8.47. The monoisotopic (exact) mass is 503 g/mol. The lowest BCUT2D eigenvalue weighted by atomic mass is 10.2. The fourth-order valence-corrected chi connectivity index (χ4v) is 2.59. The molecule has 10 heteroatoms. The number of nitrogens with zero attached hydrogens (tertiary/aromatic N) is 2. The Balaban J connectivity index is 0.00000576. The molecule has 0 radical (unpaired) electrons. The Hall–Kier alpha value is -0.650. The van der Waals surface area contributed by atoms with Gasteiger partial charge in [-0.1, -0.05) is 17.7 Å². The molecular weight excluding hydrogens is 477 g/mol. The normalized spacial score (nSPS) is 11.7. The van der Waals surface area contributed by atoms with Gasteiger partial charge in [0.1, 0.15) is 5.15 Å². The minimum Gasteiger partial charge on any atom is -0.357 e. The van der Waals surface area contributed by atoms with Crippen LogP contribution in [0, 0.1) is 0 Å². The topological polar surface area (TPSA) is 95.5 Å². The molecule has 3 N–H and O–H groups in total. The van der Waals surface area contributed by atoms with Gasteiger partial charge in [-0.15, -0.1) is 24.0 Å². The van der Waals surface area contributed by atoms with Crippen molar-refractivity contribution in [3.63, 3.8) is 0 Å². The lowest BCUT2D eigenvalue weighted by Gasteiger charge is -2.11. The fraction of sp³-hybridized carbons (Fsp3) is 0.600. The fourth-order valence-electron chi connectivity index (χ4n) is 1.82. The molecule has 25 heavy (non-hydrogen) atoms. The maximum absolute atomic E-state index is 11.3. The number of rotatable bonds is 10. The highest BCUT2D eigenvalue weighted by molar-refractivity contribution is 14.0. The molecule has 0 aliphatic rings. The zero-order valence-electron chi connectivity index (χ0n) is 14.6. The van der Waals surface area contributed by atoms with Crippen LogP contribution in [0.3, 0.4) is 0 Å². The quantitative estimate of drug-likeness (QED) is 0.149. The van der Waals surface area contributed by atoms with Gasteiger partial charge in [0.2, 0.25) is 10.0 Å². The minimum absolute atomic E-state index is 0. The molecule has 0 spiro atoms. The van der Waals surface area contributed by atoms with Crippen molar-refractivity contribution in [1.29, 1.82) is 0 Å². The van der Waals surface area contributed by atoms with Crippen LogP contribution >= 0.6 is 35.6 Å². The van der Waals surface area contributed by atoms with Gasteiger partial charge in [-0.25, -0.2) is 18.1 Å². The number of nitrogens with one attached hydrogen (secondary N) is 3. The van der Waals surface area contributed by atoms with E-state index in [0.717, 1.165) is 31.0 Å². The highest BCUT2D eigenvalue weighted by Crippen LogP contribution is 2.05. The van der Waals surface area contributed by atoms with Crippen molar-refractivity contribution in [2.24, 2.45) is 4.99 Å². The maximum Gasteiger partial charge on any atom is 0.211 e. The summed E-state index contributed by atoms with van der Waals surface area (Å²) in [6.45, 7) is 6.04. The molecule has 1 rings (SSSR count). The second kappa shape index (κ2) is 13.5. The Kier molecular flexibility index (Phi) is 13.2.